The maximum atomic E-state index is 12.6. The van der Waals surface area contributed by atoms with Crippen LogP contribution in [0.4, 0.5) is 0 Å². The lowest BCUT2D eigenvalue weighted by Gasteiger charge is -2.50. The van der Waals surface area contributed by atoms with E-state index in [1.807, 2.05) is 0 Å². The monoisotopic (exact) mass is 358 g/mol. The molecule has 3 fully saturated rings. The second-order valence-corrected chi connectivity index (χ2v) is 7.82. The summed E-state index contributed by atoms with van der Waals surface area (Å²) in [5.41, 5.74) is 0.204. The van der Waals surface area contributed by atoms with Crippen LogP contribution in [0.25, 0.3) is 0 Å². The lowest BCUT2D eigenvalue weighted by molar-refractivity contribution is -0.126. The van der Waals surface area contributed by atoms with Crippen molar-refractivity contribution in [1.29, 1.82) is 0 Å². The van der Waals surface area contributed by atoms with Crippen molar-refractivity contribution in [3.05, 3.63) is 0 Å². The van der Waals surface area contributed by atoms with Gasteiger partial charge in [-0.2, -0.15) is 0 Å². The molecule has 0 aromatic rings. The Labute approximate surface area is 153 Å². The Morgan fingerprint density at radius 3 is 2.33 bits per heavy atom. The average Bonchev–Trinajstić information content (AvgIpc) is 2.63. The molecule has 0 spiro atoms. The van der Waals surface area contributed by atoms with Gasteiger partial charge in [0.1, 0.15) is 0 Å². The Kier molecular flexibility index (Phi) is 7.79. The van der Waals surface area contributed by atoms with Crippen molar-refractivity contribution in [1.82, 2.24) is 20.4 Å². The zero-order valence-electron chi connectivity index (χ0n) is 15.2. The molecule has 3 aliphatic rings. The van der Waals surface area contributed by atoms with Crippen molar-refractivity contribution in [2.24, 2.45) is 5.92 Å². The van der Waals surface area contributed by atoms with Gasteiger partial charge in [0.05, 0.1) is 0 Å². The van der Waals surface area contributed by atoms with Crippen molar-refractivity contribution in [2.45, 2.75) is 50.5 Å². The Morgan fingerprint density at radius 1 is 1.08 bits per heavy atom. The second-order valence-electron chi connectivity index (χ2n) is 7.82. The molecule has 6 heteroatoms. The van der Waals surface area contributed by atoms with Gasteiger partial charge < -0.3 is 15.5 Å². The highest BCUT2D eigenvalue weighted by atomic mass is 35.5. The van der Waals surface area contributed by atoms with Gasteiger partial charge in [-0.15, -0.1) is 12.4 Å². The summed E-state index contributed by atoms with van der Waals surface area (Å²) in [5.74, 6) is 0.516. The summed E-state index contributed by atoms with van der Waals surface area (Å²) in [7, 11) is 2.22. The highest BCUT2D eigenvalue weighted by molar-refractivity contribution is 5.85. The minimum absolute atomic E-state index is 0. The third-order valence-corrected chi connectivity index (χ3v) is 6.25. The van der Waals surface area contributed by atoms with Gasteiger partial charge >= 0.3 is 0 Å². The van der Waals surface area contributed by atoms with Crippen LogP contribution in [0.3, 0.4) is 0 Å². The molecule has 1 amide bonds. The number of carbonyl (C=O) groups is 1. The van der Waals surface area contributed by atoms with Gasteiger partial charge in [-0.3, -0.25) is 9.69 Å². The number of halogens is 1. The fourth-order valence-electron chi connectivity index (χ4n) is 4.49. The first-order chi connectivity index (χ1) is 11.2. The molecule has 0 aromatic carbocycles. The summed E-state index contributed by atoms with van der Waals surface area (Å²) in [6, 6.07) is 0. The Morgan fingerprint density at radius 2 is 1.71 bits per heavy atom. The lowest BCUT2D eigenvalue weighted by Crippen LogP contribution is -2.61. The summed E-state index contributed by atoms with van der Waals surface area (Å²) in [6.07, 6.45) is 8.37. The van der Waals surface area contributed by atoms with E-state index in [0.717, 1.165) is 45.6 Å². The highest BCUT2D eigenvalue weighted by Gasteiger charge is 2.40. The molecule has 0 aliphatic carbocycles. The summed E-state index contributed by atoms with van der Waals surface area (Å²) < 4.78 is 0. The quantitative estimate of drug-likeness (QED) is 0.799. The number of hydrogen-bond acceptors (Lipinski definition) is 4. The molecule has 140 valence electrons. The summed E-state index contributed by atoms with van der Waals surface area (Å²) >= 11 is 0. The minimum Gasteiger partial charge on any atom is -0.354 e. The summed E-state index contributed by atoms with van der Waals surface area (Å²) in [6.45, 7) is 7.56. The van der Waals surface area contributed by atoms with Gasteiger partial charge in [0, 0.05) is 18.0 Å². The molecule has 0 radical (unpaired) electrons. The van der Waals surface area contributed by atoms with Gasteiger partial charge in [-0.05, 0) is 84.8 Å². The fraction of sp³-hybridized carbons (Fsp3) is 0.944. The number of piperidine rings is 3. The molecule has 0 saturated carbocycles. The topological polar surface area (TPSA) is 47.6 Å². The molecule has 3 heterocycles. The van der Waals surface area contributed by atoms with Crippen molar-refractivity contribution >= 4 is 18.3 Å². The van der Waals surface area contributed by atoms with E-state index in [9.17, 15) is 4.79 Å². The van der Waals surface area contributed by atoms with Crippen molar-refractivity contribution in [3.8, 4) is 0 Å². The minimum atomic E-state index is 0. The molecule has 5 nitrogen and oxygen atoms in total. The van der Waals surface area contributed by atoms with E-state index < -0.39 is 0 Å². The zero-order valence-corrected chi connectivity index (χ0v) is 16.0. The number of likely N-dealkylation sites (tertiary alicyclic amines) is 2. The summed E-state index contributed by atoms with van der Waals surface area (Å²) in [5, 5.41) is 6.69. The maximum Gasteiger partial charge on any atom is 0.223 e. The number of nitrogens with one attached hydrogen (secondary N) is 2. The third kappa shape index (κ3) is 4.84. The zero-order chi connectivity index (χ0) is 16.1. The highest BCUT2D eigenvalue weighted by Crippen LogP contribution is 2.31. The normalized spacial score (nSPS) is 26.5. The van der Waals surface area contributed by atoms with Crippen LogP contribution in [0, 0.1) is 5.92 Å². The largest absolute Gasteiger partial charge is 0.354 e. The third-order valence-electron chi connectivity index (χ3n) is 6.25. The van der Waals surface area contributed by atoms with E-state index in [4.69, 9.17) is 0 Å². The van der Waals surface area contributed by atoms with Crippen LogP contribution in [-0.4, -0.2) is 74.1 Å². The van der Waals surface area contributed by atoms with Crippen LogP contribution in [0.1, 0.15) is 44.9 Å². The number of hydrogen-bond donors (Lipinski definition) is 2. The molecule has 0 aromatic heterocycles. The molecule has 0 bridgehead atoms. The van der Waals surface area contributed by atoms with E-state index >= 15 is 0 Å². The van der Waals surface area contributed by atoms with E-state index in [2.05, 4.69) is 27.5 Å². The molecule has 0 unspecified atom stereocenters. The molecule has 3 aliphatic heterocycles. The Balaban J connectivity index is 0.00000208. The molecular weight excluding hydrogens is 324 g/mol. The fourth-order valence-corrected chi connectivity index (χ4v) is 4.49. The standard InChI is InChI=1S/C18H34N4O.ClH/c1-21-13-7-18(8-14-21,22-11-3-2-4-12-22)15-20-17(23)16-5-9-19-10-6-16;/h16,19H,2-15H2,1H3,(H,20,23);1H. The first kappa shape index (κ1) is 20.0. The van der Waals surface area contributed by atoms with Crippen molar-refractivity contribution < 1.29 is 4.79 Å². The first-order valence-corrected chi connectivity index (χ1v) is 9.62. The average molecular weight is 359 g/mol. The number of rotatable bonds is 4. The van der Waals surface area contributed by atoms with Crippen LogP contribution in [0.15, 0.2) is 0 Å². The molecular formula is C18H35ClN4O. The smallest absolute Gasteiger partial charge is 0.223 e. The van der Waals surface area contributed by atoms with Crippen LogP contribution in [0.5, 0.6) is 0 Å². The summed E-state index contributed by atoms with van der Waals surface area (Å²) in [4.78, 5) is 17.7. The first-order valence-electron chi connectivity index (χ1n) is 9.62. The van der Waals surface area contributed by atoms with E-state index in [1.165, 1.54) is 45.2 Å². The number of carbonyl (C=O) groups excluding carboxylic acids is 1. The van der Waals surface area contributed by atoms with Gasteiger partial charge in [0.25, 0.3) is 0 Å². The molecule has 0 atom stereocenters. The van der Waals surface area contributed by atoms with Crippen molar-refractivity contribution in [2.75, 3.05) is 52.9 Å². The van der Waals surface area contributed by atoms with Crippen molar-refractivity contribution in [3.63, 3.8) is 0 Å². The van der Waals surface area contributed by atoms with E-state index in [1.54, 1.807) is 0 Å². The second kappa shape index (κ2) is 9.37. The van der Waals surface area contributed by atoms with Gasteiger partial charge in [0.15, 0.2) is 0 Å². The number of amides is 1. The SMILES string of the molecule is CN1CCC(CNC(=O)C2CCNCC2)(N2CCCCC2)CC1.Cl. The van der Waals surface area contributed by atoms with Gasteiger partial charge in [0.2, 0.25) is 5.91 Å². The van der Waals surface area contributed by atoms with Crippen LogP contribution < -0.4 is 10.6 Å². The maximum absolute atomic E-state index is 12.6. The predicted octanol–water partition coefficient (Wildman–Crippen LogP) is 1.47. The predicted molar refractivity (Wildman–Crippen MR) is 101 cm³/mol. The van der Waals surface area contributed by atoms with Gasteiger partial charge in [-0.1, -0.05) is 6.42 Å². The molecule has 3 saturated heterocycles. The molecule has 24 heavy (non-hydrogen) atoms. The van der Waals surface area contributed by atoms with Gasteiger partial charge in [-0.25, -0.2) is 0 Å². The van der Waals surface area contributed by atoms with Crippen LogP contribution >= 0.6 is 12.4 Å². The molecule has 2 N–H and O–H groups in total. The molecule has 3 rings (SSSR count). The Hall–Kier alpha value is -0.360. The lowest BCUT2D eigenvalue weighted by atomic mass is 9.83. The van der Waals surface area contributed by atoms with Crippen LogP contribution in [-0.2, 0) is 4.79 Å². The van der Waals surface area contributed by atoms with E-state index in [-0.39, 0.29) is 23.9 Å². The van der Waals surface area contributed by atoms with Crippen LogP contribution in [0.2, 0.25) is 0 Å². The van der Waals surface area contributed by atoms with E-state index in [0.29, 0.717) is 5.91 Å². The Bertz CT molecular complexity index is 386. The number of nitrogens with zero attached hydrogens (tertiary/aromatic N) is 2.